The number of nitrogens with zero attached hydrogens (tertiary/aromatic N) is 3. The molecule has 0 unspecified atom stereocenters. The minimum absolute atomic E-state index is 0.0737. The quantitative estimate of drug-likeness (QED) is 0.796. The van der Waals surface area contributed by atoms with Crippen molar-refractivity contribution in [2.24, 2.45) is 0 Å². The first kappa shape index (κ1) is 16.0. The minimum atomic E-state index is -3.72. The van der Waals surface area contributed by atoms with Crippen molar-refractivity contribution >= 4 is 15.7 Å². The molecule has 0 aliphatic carbocycles. The first-order chi connectivity index (χ1) is 9.43. The average molecular weight is 292 g/mol. The van der Waals surface area contributed by atoms with Gasteiger partial charge >= 0.3 is 0 Å². The molecule has 7 heteroatoms. The van der Waals surface area contributed by atoms with Crippen molar-refractivity contribution in [1.29, 1.82) is 10.5 Å². The van der Waals surface area contributed by atoms with Gasteiger partial charge in [0.05, 0.1) is 17.0 Å². The Labute approximate surface area is 119 Å². The number of nitrogen functional groups attached to an aromatic ring is 1. The molecule has 6 nitrogen and oxygen atoms in total. The summed E-state index contributed by atoms with van der Waals surface area (Å²) in [6, 6.07) is 8.38. The smallest absolute Gasteiger partial charge is 0.243 e. The van der Waals surface area contributed by atoms with E-state index in [0.717, 1.165) is 4.31 Å². The lowest BCUT2D eigenvalue weighted by atomic mass is 10.2. The molecular weight excluding hydrogens is 276 g/mol. The van der Waals surface area contributed by atoms with Crippen LogP contribution in [0, 0.1) is 29.6 Å². The summed E-state index contributed by atoms with van der Waals surface area (Å²) in [5.41, 5.74) is 6.65. The van der Waals surface area contributed by atoms with E-state index in [1.54, 1.807) is 13.0 Å². The normalized spacial score (nSPS) is 11.0. The number of nitrogens with two attached hydrogens (primary N) is 1. The van der Waals surface area contributed by atoms with Crippen LogP contribution < -0.4 is 5.73 Å². The van der Waals surface area contributed by atoms with Gasteiger partial charge in [-0.3, -0.25) is 0 Å². The first-order valence-corrected chi connectivity index (χ1v) is 7.47. The van der Waals surface area contributed by atoms with Crippen LogP contribution in [-0.2, 0) is 10.0 Å². The Balaban J connectivity index is 3.15. The molecule has 0 spiro atoms. The second-order valence-electron chi connectivity index (χ2n) is 4.25. The molecule has 20 heavy (non-hydrogen) atoms. The maximum absolute atomic E-state index is 12.5. The first-order valence-electron chi connectivity index (χ1n) is 6.03. The molecule has 0 saturated carbocycles. The van der Waals surface area contributed by atoms with Gasteiger partial charge in [0, 0.05) is 31.6 Å². The van der Waals surface area contributed by atoms with E-state index < -0.39 is 10.0 Å². The number of sulfonamides is 1. The predicted octanol–water partition coefficient (Wildman–Crippen LogP) is 1.40. The molecule has 0 aromatic heterocycles. The monoisotopic (exact) mass is 292 g/mol. The van der Waals surface area contributed by atoms with Gasteiger partial charge in [0.2, 0.25) is 10.0 Å². The van der Waals surface area contributed by atoms with Gasteiger partial charge in [-0.15, -0.1) is 0 Å². The highest BCUT2D eigenvalue weighted by atomic mass is 32.2. The Bertz CT molecular complexity index is 638. The Morgan fingerprint density at radius 2 is 1.75 bits per heavy atom. The highest BCUT2D eigenvalue weighted by molar-refractivity contribution is 7.89. The molecule has 1 rings (SSSR count). The van der Waals surface area contributed by atoms with Crippen LogP contribution in [0.3, 0.4) is 0 Å². The van der Waals surface area contributed by atoms with E-state index in [1.807, 2.05) is 12.1 Å². The van der Waals surface area contributed by atoms with Crippen LogP contribution in [0.5, 0.6) is 0 Å². The molecule has 0 fully saturated rings. The van der Waals surface area contributed by atoms with Crippen LogP contribution in [0.1, 0.15) is 18.4 Å². The van der Waals surface area contributed by atoms with Crippen LogP contribution >= 0.6 is 0 Å². The summed E-state index contributed by atoms with van der Waals surface area (Å²) in [4.78, 5) is 0.155. The molecule has 0 heterocycles. The second kappa shape index (κ2) is 6.90. The van der Waals surface area contributed by atoms with E-state index in [9.17, 15) is 8.42 Å². The lowest BCUT2D eigenvalue weighted by Crippen LogP contribution is -2.33. The van der Waals surface area contributed by atoms with Gasteiger partial charge < -0.3 is 5.73 Å². The molecule has 0 aliphatic heterocycles. The number of rotatable bonds is 6. The van der Waals surface area contributed by atoms with Crippen molar-refractivity contribution < 1.29 is 8.42 Å². The van der Waals surface area contributed by atoms with Crippen LogP contribution in [-0.4, -0.2) is 25.8 Å². The number of anilines is 1. The van der Waals surface area contributed by atoms with Crippen LogP contribution in [0.15, 0.2) is 23.1 Å². The second-order valence-corrected chi connectivity index (χ2v) is 6.15. The maximum Gasteiger partial charge on any atom is 0.243 e. The Kier molecular flexibility index (Phi) is 5.51. The molecule has 0 saturated heterocycles. The highest BCUT2D eigenvalue weighted by Gasteiger charge is 2.25. The van der Waals surface area contributed by atoms with Gasteiger partial charge in [-0.05, 0) is 30.7 Å². The number of nitriles is 2. The fourth-order valence-electron chi connectivity index (χ4n) is 1.80. The summed E-state index contributed by atoms with van der Waals surface area (Å²) >= 11 is 0. The largest absolute Gasteiger partial charge is 0.399 e. The van der Waals surface area contributed by atoms with Crippen molar-refractivity contribution in [2.75, 3.05) is 18.8 Å². The predicted molar refractivity (Wildman–Crippen MR) is 74.8 cm³/mol. The van der Waals surface area contributed by atoms with E-state index in [-0.39, 0.29) is 30.8 Å². The number of hydrogen-bond donors (Lipinski definition) is 1. The number of hydrogen-bond acceptors (Lipinski definition) is 5. The lowest BCUT2D eigenvalue weighted by Gasteiger charge is -2.21. The molecule has 106 valence electrons. The van der Waals surface area contributed by atoms with E-state index in [4.69, 9.17) is 16.3 Å². The van der Waals surface area contributed by atoms with Crippen LogP contribution in [0.2, 0.25) is 0 Å². The van der Waals surface area contributed by atoms with Crippen molar-refractivity contribution in [2.45, 2.75) is 24.7 Å². The van der Waals surface area contributed by atoms with Gasteiger partial charge in [-0.1, -0.05) is 0 Å². The maximum atomic E-state index is 12.5. The van der Waals surface area contributed by atoms with E-state index in [0.29, 0.717) is 11.3 Å². The topological polar surface area (TPSA) is 111 Å². The third-order valence-corrected chi connectivity index (χ3v) is 4.82. The minimum Gasteiger partial charge on any atom is -0.399 e. The summed E-state index contributed by atoms with van der Waals surface area (Å²) in [6.45, 7) is 1.81. The fourth-order valence-corrected chi connectivity index (χ4v) is 3.45. The zero-order valence-electron chi connectivity index (χ0n) is 11.2. The molecule has 1 aromatic carbocycles. The molecule has 0 radical (unpaired) electrons. The fraction of sp³-hybridized carbons (Fsp3) is 0.385. The molecule has 0 atom stereocenters. The average Bonchev–Trinajstić information content (AvgIpc) is 2.38. The Morgan fingerprint density at radius 3 is 2.20 bits per heavy atom. The molecule has 0 bridgehead atoms. The van der Waals surface area contributed by atoms with Gasteiger partial charge in [0.1, 0.15) is 0 Å². The van der Waals surface area contributed by atoms with Crippen molar-refractivity contribution in [3.63, 3.8) is 0 Å². The summed E-state index contributed by atoms with van der Waals surface area (Å²) in [5, 5.41) is 17.2. The standard InChI is InChI=1S/C13H16N4O2S/c1-11-10-12(16)4-5-13(11)20(18,19)17(8-2-6-14)9-3-7-15/h4-5,10H,2-3,8-9,16H2,1H3. The molecular formula is C13H16N4O2S. The molecule has 0 aliphatic rings. The molecule has 0 amide bonds. The van der Waals surface area contributed by atoms with Crippen molar-refractivity contribution in [3.05, 3.63) is 23.8 Å². The van der Waals surface area contributed by atoms with Crippen molar-refractivity contribution in [3.8, 4) is 12.1 Å². The van der Waals surface area contributed by atoms with E-state index in [1.165, 1.54) is 12.1 Å². The van der Waals surface area contributed by atoms with Crippen LogP contribution in [0.25, 0.3) is 0 Å². The van der Waals surface area contributed by atoms with Gasteiger partial charge in [-0.25, -0.2) is 8.42 Å². The molecule has 1 aromatic rings. The summed E-state index contributed by atoms with van der Waals surface area (Å²) in [5.74, 6) is 0. The van der Waals surface area contributed by atoms with Crippen molar-refractivity contribution in [1.82, 2.24) is 4.31 Å². The zero-order valence-corrected chi connectivity index (χ0v) is 12.0. The summed E-state index contributed by atoms with van der Waals surface area (Å²) in [6.07, 6.45) is 0.164. The molecule has 2 N–H and O–H groups in total. The van der Waals surface area contributed by atoms with Gasteiger partial charge in [0.25, 0.3) is 0 Å². The van der Waals surface area contributed by atoms with Gasteiger partial charge in [-0.2, -0.15) is 14.8 Å². The van der Waals surface area contributed by atoms with E-state index >= 15 is 0 Å². The SMILES string of the molecule is Cc1cc(N)ccc1S(=O)(=O)N(CCC#N)CCC#N. The van der Waals surface area contributed by atoms with E-state index in [2.05, 4.69) is 0 Å². The summed E-state index contributed by atoms with van der Waals surface area (Å²) < 4.78 is 26.2. The Morgan fingerprint density at radius 1 is 1.20 bits per heavy atom. The lowest BCUT2D eigenvalue weighted by molar-refractivity contribution is 0.424. The highest BCUT2D eigenvalue weighted by Crippen LogP contribution is 2.22. The van der Waals surface area contributed by atoms with Crippen LogP contribution in [0.4, 0.5) is 5.69 Å². The Hall–Kier alpha value is -2.09. The van der Waals surface area contributed by atoms with Gasteiger partial charge in [0.15, 0.2) is 0 Å². The third-order valence-electron chi connectivity index (χ3n) is 2.76. The number of benzene rings is 1. The number of aryl methyl sites for hydroxylation is 1. The third kappa shape index (κ3) is 3.70. The summed E-state index contributed by atoms with van der Waals surface area (Å²) in [7, 11) is -3.72. The zero-order chi connectivity index (χ0) is 15.2.